The molecule has 0 unspecified atom stereocenters. The zero-order chi connectivity index (χ0) is 9.72. The van der Waals surface area contributed by atoms with E-state index in [2.05, 4.69) is 11.3 Å². The first kappa shape index (κ1) is 14.9. The molecule has 0 heterocycles. The van der Waals surface area contributed by atoms with Crippen LogP contribution in [0.1, 0.15) is 0 Å². The van der Waals surface area contributed by atoms with Gasteiger partial charge in [0.05, 0.1) is 11.9 Å². The van der Waals surface area contributed by atoms with Crippen LogP contribution in [0, 0.1) is 0 Å². The quantitative estimate of drug-likeness (QED) is 0.205. The second kappa shape index (κ2) is 6.88. The molecule has 7 heteroatoms. The fourth-order valence-electron chi connectivity index (χ4n) is 0.357. The topological polar surface area (TPSA) is 107 Å². The minimum Gasteiger partial charge on any atom is -0.546 e. The van der Waals surface area contributed by atoms with Crippen LogP contribution in [0.15, 0.2) is 12.7 Å². The van der Waals surface area contributed by atoms with Crippen LogP contribution in [-0.2, 0) is 19.1 Å². The molecule has 0 aliphatic carbocycles. The van der Waals surface area contributed by atoms with Crippen molar-refractivity contribution in [3.8, 4) is 0 Å². The van der Waals surface area contributed by atoms with E-state index >= 15 is 0 Å². The van der Waals surface area contributed by atoms with E-state index in [1.807, 2.05) is 0 Å². The molecule has 0 saturated carbocycles. The van der Waals surface area contributed by atoms with Crippen molar-refractivity contribution in [2.45, 2.75) is 6.10 Å². The molecule has 13 heavy (non-hydrogen) atoms. The van der Waals surface area contributed by atoms with Crippen molar-refractivity contribution < 1.29 is 29.3 Å². The second-order valence-electron chi connectivity index (χ2n) is 1.66. The zero-order valence-electron chi connectivity index (χ0n) is 6.52. The minimum absolute atomic E-state index is 0. The SMILES string of the molecule is C=CC(=O)OC(C(=O)[O-])C(=O)[O-].[Ca+2]. The van der Waals surface area contributed by atoms with E-state index in [-0.39, 0.29) is 37.7 Å². The fraction of sp³-hybridized carbons (Fsp3) is 0.167. The largest absolute Gasteiger partial charge is 2.00 e. The Balaban J connectivity index is 0. The molecule has 66 valence electrons. The maximum atomic E-state index is 10.3. The van der Waals surface area contributed by atoms with E-state index in [1.54, 1.807) is 0 Å². The van der Waals surface area contributed by atoms with Crippen LogP contribution in [0.5, 0.6) is 0 Å². The molecule has 0 aromatic carbocycles. The Hall–Kier alpha value is -0.590. The Bertz CT molecular complexity index is 221. The average Bonchev–Trinajstić information content (AvgIpc) is 1.98. The summed E-state index contributed by atoms with van der Waals surface area (Å²) in [5, 5.41) is 19.9. The van der Waals surface area contributed by atoms with E-state index < -0.39 is 24.0 Å². The number of aliphatic carboxylic acids is 2. The Morgan fingerprint density at radius 3 is 1.85 bits per heavy atom. The van der Waals surface area contributed by atoms with Crippen LogP contribution in [-0.4, -0.2) is 61.8 Å². The van der Waals surface area contributed by atoms with Crippen LogP contribution >= 0.6 is 0 Å². The van der Waals surface area contributed by atoms with Gasteiger partial charge in [-0.3, -0.25) is 0 Å². The third kappa shape index (κ3) is 5.62. The third-order valence-corrected chi connectivity index (χ3v) is 0.829. The van der Waals surface area contributed by atoms with Crippen molar-refractivity contribution in [2.24, 2.45) is 0 Å². The number of carbonyl (C=O) groups excluding carboxylic acids is 3. The van der Waals surface area contributed by atoms with Gasteiger partial charge in [0.15, 0.2) is 6.10 Å². The van der Waals surface area contributed by atoms with E-state index in [0.29, 0.717) is 6.08 Å². The van der Waals surface area contributed by atoms with Crippen LogP contribution in [0.4, 0.5) is 0 Å². The monoisotopic (exact) mass is 212 g/mol. The van der Waals surface area contributed by atoms with E-state index in [9.17, 15) is 24.6 Å². The second-order valence-corrected chi connectivity index (χ2v) is 1.66. The molecule has 0 aromatic heterocycles. The molecule has 0 N–H and O–H groups in total. The smallest absolute Gasteiger partial charge is 0.546 e. The van der Waals surface area contributed by atoms with Crippen LogP contribution in [0.2, 0.25) is 0 Å². The fourth-order valence-corrected chi connectivity index (χ4v) is 0.357. The van der Waals surface area contributed by atoms with Crippen LogP contribution in [0.25, 0.3) is 0 Å². The molecular formula is C6H4CaO6. The first-order valence-corrected chi connectivity index (χ1v) is 2.73. The summed E-state index contributed by atoms with van der Waals surface area (Å²) in [5.41, 5.74) is 0. The summed E-state index contributed by atoms with van der Waals surface area (Å²) in [6.45, 7) is 2.93. The molecule has 0 spiro atoms. The maximum Gasteiger partial charge on any atom is 2.00 e. The molecule has 0 atom stereocenters. The molecule has 0 bridgehead atoms. The molecule has 0 saturated heterocycles. The molecular weight excluding hydrogens is 208 g/mol. The first-order chi connectivity index (χ1) is 5.49. The van der Waals surface area contributed by atoms with Gasteiger partial charge in [-0.05, 0) is 0 Å². The summed E-state index contributed by atoms with van der Waals surface area (Å²) in [4.78, 5) is 30.2. The predicted molar refractivity (Wildman–Crippen MR) is 35.8 cm³/mol. The van der Waals surface area contributed by atoms with Crippen molar-refractivity contribution in [3.63, 3.8) is 0 Å². The van der Waals surface area contributed by atoms with Gasteiger partial charge in [-0.1, -0.05) is 6.58 Å². The average molecular weight is 212 g/mol. The summed E-state index contributed by atoms with van der Waals surface area (Å²) in [7, 11) is 0. The number of carboxylic acid groups (broad SMARTS) is 2. The Morgan fingerprint density at radius 1 is 1.23 bits per heavy atom. The zero-order valence-corrected chi connectivity index (χ0v) is 8.73. The van der Waals surface area contributed by atoms with Crippen molar-refractivity contribution in [3.05, 3.63) is 12.7 Å². The molecule has 6 nitrogen and oxygen atoms in total. The molecule has 0 rings (SSSR count). The van der Waals surface area contributed by atoms with Crippen molar-refractivity contribution in [2.75, 3.05) is 0 Å². The number of hydrogen-bond acceptors (Lipinski definition) is 6. The number of hydrogen-bond donors (Lipinski definition) is 0. The standard InChI is InChI=1S/C6H6O6.Ca/c1-2-3(7)12-4(5(8)9)6(10)11;/h2,4H,1H2,(H,8,9)(H,10,11);/q;+2/p-2. The van der Waals surface area contributed by atoms with Gasteiger partial charge in [-0.2, -0.15) is 0 Å². The summed E-state index contributed by atoms with van der Waals surface area (Å²) < 4.78 is 3.84. The van der Waals surface area contributed by atoms with Gasteiger partial charge in [0, 0.05) is 6.08 Å². The number of rotatable bonds is 4. The first-order valence-electron chi connectivity index (χ1n) is 2.73. The summed E-state index contributed by atoms with van der Waals surface area (Å²) in [6.07, 6.45) is -1.77. The van der Waals surface area contributed by atoms with Gasteiger partial charge in [-0.25, -0.2) is 4.79 Å². The molecule has 0 radical (unpaired) electrons. The minimum atomic E-state index is -2.39. The number of ether oxygens (including phenoxy) is 1. The Morgan fingerprint density at radius 2 is 1.62 bits per heavy atom. The van der Waals surface area contributed by atoms with E-state index in [4.69, 9.17) is 0 Å². The Labute approximate surface area is 103 Å². The normalized spacial score (nSPS) is 8.38. The Kier molecular flexibility index (Phi) is 7.89. The van der Waals surface area contributed by atoms with Gasteiger partial charge in [0.25, 0.3) is 0 Å². The van der Waals surface area contributed by atoms with Crippen molar-refractivity contribution in [1.29, 1.82) is 0 Å². The van der Waals surface area contributed by atoms with Gasteiger partial charge in [-0.15, -0.1) is 0 Å². The molecule has 0 aliphatic rings. The van der Waals surface area contributed by atoms with Crippen LogP contribution < -0.4 is 10.2 Å². The van der Waals surface area contributed by atoms with E-state index in [1.165, 1.54) is 0 Å². The number of carbonyl (C=O) groups is 3. The summed E-state index contributed by atoms with van der Waals surface area (Å²) in [5.74, 6) is -5.27. The molecule has 0 aliphatic heterocycles. The van der Waals surface area contributed by atoms with Gasteiger partial charge in [0.2, 0.25) is 0 Å². The van der Waals surface area contributed by atoms with Crippen molar-refractivity contribution >= 4 is 55.6 Å². The molecule has 0 aromatic rings. The number of carboxylic acids is 2. The van der Waals surface area contributed by atoms with E-state index in [0.717, 1.165) is 0 Å². The molecule has 0 amide bonds. The summed E-state index contributed by atoms with van der Waals surface area (Å²) in [6, 6.07) is 0. The number of esters is 1. The molecule has 0 fully saturated rings. The summed E-state index contributed by atoms with van der Waals surface area (Å²) >= 11 is 0. The van der Waals surface area contributed by atoms with Gasteiger partial charge in [0.1, 0.15) is 0 Å². The van der Waals surface area contributed by atoms with Crippen LogP contribution in [0.3, 0.4) is 0 Å². The van der Waals surface area contributed by atoms with Gasteiger partial charge < -0.3 is 24.5 Å². The maximum absolute atomic E-state index is 10.3. The van der Waals surface area contributed by atoms with Crippen molar-refractivity contribution in [1.82, 2.24) is 0 Å². The predicted octanol–water partition coefficient (Wildman–Crippen LogP) is -3.80. The van der Waals surface area contributed by atoms with Gasteiger partial charge >= 0.3 is 43.7 Å². The third-order valence-electron chi connectivity index (χ3n) is 0.829.